The number of rotatable bonds is 6. The van der Waals surface area contributed by atoms with Crippen molar-refractivity contribution in [2.24, 2.45) is 5.14 Å². The molecule has 1 heterocycles. The van der Waals surface area contributed by atoms with E-state index < -0.39 is 10.0 Å². The highest BCUT2D eigenvalue weighted by atomic mass is 32.2. The Morgan fingerprint density at radius 2 is 2.09 bits per heavy atom. The monoisotopic (exact) mass is 322 g/mol. The summed E-state index contributed by atoms with van der Waals surface area (Å²) in [5.74, 6) is 0.615. The van der Waals surface area contributed by atoms with Gasteiger partial charge in [0, 0.05) is 12.8 Å². The first kappa shape index (κ1) is 16.3. The maximum absolute atomic E-state index is 11.9. The molecule has 1 atom stereocenters. The molecule has 6 nitrogen and oxygen atoms in total. The molecule has 0 saturated carbocycles. The molecule has 22 heavy (non-hydrogen) atoms. The van der Waals surface area contributed by atoms with Crippen LogP contribution in [0.1, 0.15) is 30.7 Å². The third-order valence-electron chi connectivity index (χ3n) is 3.24. The lowest BCUT2D eigenvalue weighted by molar-refractivity contribution is -0.121. The summed E-state index contributed by atoms with van der Waals surface area (Å²) in [5, 5.41) is 7.92. The van der Waals surface area contributed by atoms with Crippen molar-refractivity contribution in [1.29, 1.82) is 0 Å². The molecule has 7 heteroatoms. The molecule has 0 aliphatic heterocycles. The fraction of sp³-hybridized carbons (Fsp3) is 0.267. The first-order chi connectivity index (χ1) is 10.4. The minimum Gasteiger partial charge on any atom is -0.469 e. The summed E-state index contributed by atoms with van der Waals surface area (Å²) in [6.45, 7) is 1.78. The number of nitrogens with one attached hydrogen (secondary N) is 1. The molecule has 118 valence electrons. The molecule has 2 rings (SSSR count). The van der Waals surface area contributed by atoms with Gasteiger partial charge in [-0.2, -0.15) is 0 Å². The van der Waals surface area contributed by atoms with Gasteiger partial charge in [-0.15, -0.1) is 0 Å². The summed E-state index contributed by atoms with van der Waals surface area (Å²) in [7, 11) is -3.75. The summed E-state index contributed by atoms with van der Waals surface area (Å²) >= 11 is 0. The molecular weight excluding hydrogens is 304 g/mol. The molecule has 1 aromatic heterocycles. The van der Waals surface area contributed by atoms with Gasteiger partial charge in [0.05, 0.1) is 17.2 Å². The zero-order valence-corrected chi connectivity index (χ0v) is 13.0. The summed E-state index contributed by atoms with van der Waals surface area (Å²) in [4.78, 5) is 11.9. The number of hydrogen-bond donors (Lipinski definition) is 2. The fourth-order valence-electron chi connectivity index (χ4n) is 2.05. The Balaban J connectivity index is 1.96. The van der Waals surface area contributed by atoms with E-state index in [2.05, 4.69) is 5.32 Å². The van der Waals surface area contributed by atoms with E-state index in [9.17, 15) is 13.2 Å². The molecular formula is C15H18N2O4S. The van der Waals surface area contributed by atoms with Crippen LogP contribution in [0, 0.1) is 0 Å². The predicted octanol–water partition coefficient (Wildman–Crippen LogP) is 1.74. The van der Waals surface area contributed by atoms with Gasteiger partial charge < -0.3 is 9.73 Å². The number of furan rings is 1. The minimum atomic E-state index is -3.75. The normalized spacial score (nSPS) is 12.8. The van der Waals surface area contributed by atoms with Crippen molar-refractivity contribution in [2.75, 3.05) is 0 Å². The highest BCUT2D eigenvalue weighted by Gasteiger charge is 2.13. The zero-order valence-electron chi connectivity index (χ0n) is 12.2. The van der Waals surface area contributed by atoms with Gasteiger partial charge in [-0.1, -0.05) is 12.1 Å². The summed E-state index contributed by atoms with van der Waals surface area (Å²) < 4.78 is 27.9. The van der Waals surface area contributed by atoms with Gasteiger partial charge >= 0.3 is 0 Å². The number of nitrogens with two attached hydrogens (primary N) is 1. The summed E-state index contributed by atoms with van der Waals surface area (Å²) in [5.41, 5.74) is 0.679. The average molecular weight is 322 g/mol. The highest BCUT2D eigenvalue weighted by molar-refractivity contribution is 7.89. The number of carbonyl (C=O) groups is 1. The van der Waals surface area contributed by atoms with Gasteiger partial charge in [0.1, 0.15) is 5.76 Å². The van der Waals surface area contributed by atoms with Gasteiger partial charge in [0.15, 0.2) is 0 Å². The van der Waals surface area contributed by atoms with Crippen molar-refractivity contribution in [3.8, 4) is 0 Å². The number of benzene rings is 1. The summed E-state index contributed by atoms with van der Waals surface area (Å²) in [6.07, 6.45) is 2.38. The van der Waals surface area contributed by atoms with E-state index in [1.54, 1.807) is 31.4 Å². The van der Waals surface area contributed by atoms with Crippen LogP contribution < -0.4 is 10.5 Å². The van der Waals surface area contributed by atoms with E-state index in [0.717, 1.165) is 5.76 Å². The smallest absolute Gasteiger partial charge is 0.238 e. The van der Waals surface area contributed by atoms with Crippen LogP contribution in [0.3, 0.4) is 0 Å². The number of hydrogen-bond acceptors (Lipinski definition) is 4. The predicted molar refractivity (Wildman–Crippen MR) is 81.4 cm³/mol. The highest BCUT2D eigenvalue weighted by Crippen LogP contribution is 2.17. The second-order valence-corrected chi connectivity index (χ2v) is 6.55. The van der Waals surface area contributed by atoms with Crippen molar-refractivity contribution in [2.45, 2.75) is 30.7 Å². The second kappa shape index (κ2) is 6.76. The molecule has 0 spiro atoms. The Labute approximate surface area is 129 Å². The minimum absolute atomic E-state index is 0.0293. The van der Waals surface area contributed by atoms with Gasteiger partial charge in [0.2, 0.25) is 15.9 Å². The molecule has 2 aromatic rings. The number of sulfonamides is 1. The maximum Gasteiger partial charge on any atom is 0.238 e. The van der Waals surface area contributed by atoms with E-state index in [0.29, 0.717) is 18.4 Å². The standard InChI is InChI=1S/C15H18N2O4S/c1-11(12-4-2-6-14(10-12)22(16,19)20)17-15(18)8-7-13-5-3-9-21-13/h2-6,9-11H,7-8H2,1H3,(H,17,18)(H2,16,19,20)/t11-/m0/s1. The fourth-order valence-corrected chi connectivity index (χ4v) is 2.62. The molecule has 0 aliphatic carbocycles. The summed E-state index contributed by atoms with van der Waals surface area (Å²) in [6, 6.07) is 9.50. The van der Waals surface area contributed by atoms with Crippen LogP contribution in [0.5, 0.6) is 0 Å². The van der Waals surface area contributed by atoms with Crippen molar-refractivity contribution in [1.82, 2.24) is 5.32 Å². The van der Waals surface area contributed by atoms with E-state index in [-0.39, 0.29) is 16.8 Å². The molecule has 0 radical (unpaired) electrons. The van der Waals surface area contributed by atoms with E-state index >= 15 is 0 Å². The maximum atomic E-state index is 11.9. The van der Waals surface area contributed by atoms with Crippen LogP contribution in [-0.4, -0.2) is 14.3 Å². The van der Waals surface area contributed by atoms with Gasteiger partial charge in [-0.3, -0.25) is 4.79 Å². The van der Waals surface area contributed by atoms with E-state index in [4.69, 9.17) is 9.56 Å². The first-order valence-electron chi connectivity index (χ1n) is 6.81. The molecule has 0 aliphatic rings. The lowest BCUT2D eigenvalue weighted by Gasteiger charge is -2.15. The average Bonchev–Trinajstić information content (AvgIpc) is 2.97. The van der Waals surface area contributed by atoms with Crippen molar-refractivity contribution >= 4 is 15.9 Å². The van der Waals surface area contributed by atoms with Crippen molar-refractivity contribution < 1.29 is 17.6 Å². The largest absolute Gasteiger partial charge is 0.469 e. The van der Waals surface area contributed by atoms with Crippen molar-refractivity contribution in [3.05, 3.63) is 54.0 Å². The van der Waals surface area contributed by atoms with Crippen LogP contribution in [-0.2, 0) is 21.2 Å². The molecule has 3 N–H and O–H groups in total. The lowest BCUT2D eigenvalue weighted by Crippen LogP contribution is -2.27. The number of carbonyl (C=O) groups excluding carboxylic acids is 1. The van der Waals surface area contributed by atoms with Crippen LogP contribution in [0.25, 0.3) is 0 Å². The first-order valence-corrected chi connectivity index (χ1v) is 8.35. The topological polar surface area (TPSA) is 102 Å². The van der Waals surface area contributed by atoms with Crippen LogP contribution in [0.4, 0.5) is 0 Å². The molecule has 0 bridgehead atoms. The number of amides is 1. The Kier molecular flexibility index (Phi) is 4.99. The Bertz CT molecular complexity index is 739. The quantitative estimate of drug-likeness (QED) is 0.845. The van der Waals surface area contributed by atoms with Gasteiger partial charge in [-0.25, -0.2) is 13.6 Å². The van der Waals surface area contributed by atoms with Crippen LogP contribution in [0.2, 0.25) is 0 Å². The zero-order chi connectivity index (χ0) is 16.2. The lowest BCUT2D eigenvalue weighted by atomic mass is 10.1. The van der Waals surface area contributed by atoms with Crippen molar-refractivity contribution in [3.63, 3.8) is 0 Å². The number of primary sulfonamides is 1. The Morgan fingerprint density at radius 1 is 1.32 bits per heavy atom. The molecule has 1 amide bonds. The third-order valence-corrected chi connectivity index (χ3v) is 4.15. The third kappa shape index (κ3) is 4.44. The second-order valence-electron chi connectivity index (χ2n) is 4.99. The van der Waals surface area contributed by atoms with Gasteiger partial charge in [-0.05, 0) is 36.8 Å². The molecule has 0 fully saturated rings. The van der Waals surface area contributed by atoms with Crippen LogP contribution >= 0.6 is 0 Å². The Morgan fingerprint density at radius 3 is 2.73 bits per heavy atom. The molecule has 0 unspecified atom stereocenters. The SMILES string of the molecule is C[C@H](NC(=O)CCc1ccco1)c1cccc(S(N)(=O)=O)c1. The molecule has 1 aromatic carbocycles. The number of aryl methyl sites for hydroxylation is 1. The van der Waals surface area contributed by atoms with Crippen LogP contribution in [0.15, 0.2) is 52.0 Å². The van der Waals surface area contributed by atoms with E-state index in [1.807, 2.05) is 6.07 Å². The van der Waals surface area contributed by atoms with Gasteiger partial charge in [0.25, 0.3) is 0 Å². The molecule has 0 saturated heterocycles. The Hall–Kier alpha value is -2.12. The van der Waals surface area contributed by atoms with E-state index in [1.165, 1.54) is 12.1 Å².